The smallest absolute Gasteiger partial charge is 0.258 e. The van der Waals surface area contributed by atoms with Gasteiger partial charge < -0.3 is 25.0 Å². The van der Waals surface area contributed by atoms with Gasteiger partial charge in [-0.3, -0.25) is 9.59 Å². The van der Waals surface area contributed by atoms with Gasteiger partial charge in [-0.25, -0.2) is 4.39 Å². The Morgan fingerprint density at radius 3 is 2.72 bits per heavy atom. The Hall–Kier alpha value is -2.97. The average molecular weight is 444 g/mol. The summed E-state index contributed by atoms with van der Waals surface area (Å²) in [4.78, 5) is 27.2. The molecule has 172 valence electrons. The van der Waals surface area contributed by atoms with Gasteiger partial charge in [-0.15, -0.1) is 0 Å². The molecule has 0 radical (unpaired) electrons. The molecule has 0 unspecified atom stereocenters. The van der Waals surface area contributed by atoms with E-state index in [1.54, 1.807) is 43.3 Å². The van der Waals surface area contributed by atoms with Gasteiger partial charge >= 0.3 is 0 Å². The number of anilines is 1. The summed E-state index contributed by atoms with van der Waals surface area (Å²) in [5, 5.41) is 6.10. The molecule has 0 saturated carbocycles. The maximum atomic E-state index is 13.9. The highest BCUT2D eigenvalue weighted by Gasteiger charge is 2.25. The van der Waals surface area contributed by atoms with Crippen molar-refractivity contribution in [1.29, 1.82) is 0 Å². The van der Waals surface area contributed by atoms with E-state index < -0.39 is 11.7 Å². The number of methoxy groups -OCH3 is 1. The molecule has 1 heterocycles. The van der Waals surface area contributed by atoms with E-state index in [-0.39, 0.29) is 29.5 Å². The molecule has 32 heavy (non-hydrogen) atoms. The first-order valence-electron chi connectivity index (χ1n) is 10.6. The Labute approximate surface area is 187 Å². The summed E-state index contributed by atoms with van der Waals surface area (Å²) in [7, 11) is 3.37. The number of rotatable bonds is 3. The van der Waals surface area contributed by atoms with Crippen molar-refractivity contribution in [3.05, 3.63) is 59.4 Å². The Morgan fingerprint density at radius 1 is 1.25 bits per heavy atom. The fourth-order valence-corrected chi connectivity index (χ4v) is 3.58. The van der Waals surface area contributed by atoms with Crippen LogP contribution < -0.4 is 15.4 Å². The normalized spacial score (nSPS) is 22.2. The molecule has 0 aliphatic carbocycles. The predicted octanol–water partition coefficient (Wildman–Crippen LogP) is 3.17. The number of carbonyl (C=O) groups is 2. The van der Waals surface area contributed by atoms with Crippen LogP contribution in [-0.4, -0.2) is 62.7 Å². The fraction of sp³-hybridized carbons (Fsp3) is 0.417. The van der Waals surface area contributed by atoms with Crippen molar-refractivity contribution in [2.75, 3.05) is 39.2 Å². The van der Waals surface area contributed by atoms with Crippen LogP contribution in [0.3, 0.4) is 0 Å². The van der Waals surface area contributed by atoms with Crippen molar-refractivity contribution in [3.8, 4) is 5.75 Å². The lowest BCUT2D eigenvalue weighted by molar-refractivity contribution is 0.0281. The second-order valence-electron chi connectivity index (χ2n) is 8.20. The van der Waals surface area contributed by atoms with Crippen molar-refractivity contribution in [2.24, 2.45) is 5.92 Å². The van der Waals surface area contributed by atoms with Crippen LogP contribution in [0.2, 0.25) is 0 Å². The third-order valence-corrected chi connectivity index (χ3v) is 5.60. The van der Waals surface area contributed by atoms with E-state index in [1.807, 2.05) is 6.92 Å². The van der Waals surface area contributed by atoms with Crippen molar-refractivity contribution >= 4 is 17.5 Å². The zero-order chi connectivity index (χ0) is 23.3. The summed E-state index contributed by atoms with van der Waals surface area (Å²) in [6.45, 7) is 5.56. The second-order valence-corrected chi connectivity index (χ2v) is 8.20. The van der Waals surface area contributed by atoms with Gasteiger partial charge in [0.25, 0.3) is 11.8 Å². The molecule has 3 atom stereocenters. The standard InChI is InChI=1S/C24H30FN3O4/c1-15-12-26-16(2)14-32-21-11-17(27-23(29)18-7-5-6-8-20(18)25)9-10-19(21)24(30)28(3)13-22(15)31-4/h5-11,15-16,22,26H,12-14H2,1-4H3,(H,27,29)/t15-,16+,22+/m0/s1. The van der Waals surface area contributed by atoms with Gasteiger partial charge in [-0.1, -0.05) is 19.1 Å². The number of halogens is 1. The van der Waals surface area contributed by atoms with Crippen molar-refractivity contribution in [1.82, 2.24) is 10.2 Å². The molecule has 2 aromatic carbocycles. The lowest BCUT2D eigenvalue weighted by Gasteiger charge is -2.30. The molecule has 0 spiro atoms. The lowest BCUT2D eigenvalue weighted by atomic mass is 10.0. The summed E-state index contributed by atoms with van der Waals surface area (Å²) in [6, 6.07) is 10.6. The maximum Gasteiger partial charge on any atom is 0.258 e. The van der Waals surface area contributed by atoms with Crippen LogP contribution in [0, 0.1) is 11.7 Å². The summed E-state index contributed by atoms with van der Waals surface area (Å²) < 4.78 is 25.5. The molecular formula is C24H30FN3O4. The molecule has 0 fully saturated rings. The third kappa shape index (κ3) is 5.63. The van der Waals surface area contributed by atoms with Crippen LogP contribution >= 0.6 is 0 Å². The molecule has 2 N–H and O–H groups in total. The van der Waals surface area contributed by atoms with E-state index in [2.05, 4.69) is 17.6 Å². The molecule has 1 aliphatic rings. The SMILES string of the molecule is CO[C@@H]1CN(C)C(=O)c2ccc(NC(=O)c3ccccc3F)cc2OC[C@@H](C)NC[C@@H]1C. The number of fused-ring (bicyclic) bond motifs is 1. The number of hydrogen-bond donors (Lipinski definition) is 2. The van der Waals surface area contributed by atoms with Crippen molar-refractivity contribution in [2.45, 2.75) is 26.0 Å². The third-order valence-electron chi connectivity index (χ3n) is 5.60. The van der Waals surface area contributed by atoms with E-state index in [0.29, 0.717) is 30.2 Å². The predicted molar refractivity (Wildman–Crippen MR) is 121 cm³/mol. The van der Waals surface area contributed by atoms with Crippen molar-refractivity contribution < 1.29 is 23.5 Å². The Balaban J connectivity index is 1.88. The number of hydrogen-bond acceptors (Lipinski definition) is 5. The van der Waals surface area contributed by atoms with Gasteiger partial charge in [0, 0.05) is 45.0 Å². The zero-order valence-electron chi connectivity index (χ0n) is 18.9. The zero-order valence-corrected chi connectivity index (χ0v) is 18.9. The second kappa shape index (κ2) is 10.6. The van der Waals surface area contributed by atoms with Gasteiger partial charge in [-0.2, -0.15) is 0 Å². The average Bonchev–Trinajstić information content (AvgIpc) is 2.78. The summed E-state index contributed by atoms with van der Waals surface area (Å²) in [6.07, 6.45) is -0.119. The molecule has 1 aliphatic heterocycles. The number of nitrogens with zero attached hydrogens (tertiary/aromatic N) is 1. The van der Waals surface area contributed by atoms with Crippen LogP contribution in [0.25, 0.3) is 0 Å². The van der Waals surface area contributed by atoms with E-state index >= 15 is 0 Å². The molecule has 2 amide bonds. The van der Waals surface area contributed by atoms with Crippen LogP contribution in [0.15, 0.2) is 42.5 Å². The minimum absolute atomic E-state index is 0.0340. The number of likely N-dealkylation sites (N-methyl/N-ethyl adjacent to an activating group) is 1. The van der Waals surface area contributed by atoms with Gasteiger partial charge in [-0.05, 0) is 37.1 Å². The molecule has 0 bridgehead atoms. The molecule has 2 aromatic rings. The lowest BCUT2D eigenvalue weighted by Crippen LogP contribution is -2.44. The minimum Gasteiger partial charge on any atom is -0.491 e. The van der Waals surface area contributed by atoms with Crippen molar-refractivity contribution in [3.63, 3.8) is 0 Å². The van der Waals surface area contributed by atoms with Crippen LogP contribution in [0.4, 0.5) is 10.1 Å². The van der Waals surface area contributed by atoms with E-state index in [4.69, 9.17) is 9.47 Å². The van der Waals surface area contributed by atoms with E-state index in [0.717, 1.165) is 6.54 Å². The van der Waals surface area contributed by atoms with Crippen LogP contribution in [-0.2, 0) is 4.74 Å². The highest BCUT2D eigenvalue weighted by Crippen LogP contribution is 2.26. The quantitative estimate of drug-likeness (QED) is 0.762. The fourth-order valence-electron chi connectivity index (χ4n) is 3.58. The first-order chi connectivity index (χ1) is 15.3. The summed E-state index contributed by atoms with van der Waals surface area (Å²) >= 11 is 0. The molecule has 0 saturated heterocycles. The largest absolute Gasteiger partial charge is 0.491 e. The first-order valence-corrected chi connectivity index (χ1v) is 10.6. The van der Waals surface area contributed by atoms with Gasteiger partial charge in [0.2, 0.25) is 0 Å². The Kier molecular flexibility index (Phi) is 7.82. The van der Waals surface area contributed by atoms with Gasteiger partial charge in [0.15, 0.2) is 0 Å². The van der Waals surface area contributed by atoms with Gasteiger partial charge in [0.1, 0.15) is 18.2 Å². The molecule has 3 rings (SSSR count). The number of ether oxygens (including phenoxy) is 2. The molecule has 0 aromatic heterocycles. The highest BCUT2D eigenvalue weighted by atomic mass is 19.1. The Bertz CT molecular complexity index is 968. The molecular weight excluding hydrogens is 413 g/mol. The molecule has 8 heteroatoms. The summed E-state index contributed by atoms with van der Waals surface area (Å²) in [5.41, 5.74) is 0.727. The van der Waals surface area contributed by atoms with Crippen LogP contribution in [0.1, 0.15) is 34.6 Å². The topological polar surface area (TPSA) is 79.9 Å². The van der Waals surface area contributed by atoms with Crippen LogP contribution in [0.5, 0.6) is 5.75 Å². The monoisotopic (exact) mass is 443 g/mol. The number of benzene rings is 2. The minimum atomic E-state index is -0.605. The number of amides is 2. The first kappa shape index (κ1) is 23.7. The number of nitrogens with one attached hydrogen (secondary N) is 2. The van der Waals surface area contributed by atoms with E-state index in [9.17, 15) is 14.0 Å². The van der Waals surface area contributed by atoms with E-state index in [1.165, 1.54) is 18.2 Å². The number of carbonyl (C=O) groups excluding carboxylic acids is 2. The van der Waals surface area contributed by atoms with Gasteiger partial charge in [0.05, 0.1) is 17.2 Å². The maximum absolute atomic E-state index is 13.9. The Morgan fingerprint density at radius 2 is 2.00 bits per heavy atom. The summed E-state index contributed by atoms with van der Waals surface area (Å²) in [5.74, 6) is -0.836. The highest BCUT2D eigenvalue weighted by molar-refractivity contribution is 6.05. The molecule has 7 nitrogen and oxygen atoms in total.